The quantitative estimate of drug-likeness (QED) is 0.767. The fourth-order valence-corrected chi connectivity index (χ4v) is 3.42. The van der Waals surface area contributed by atoms with Crippen LogP contribution < -0.4 is 9.80 Å². The van der Waals surface area contributed by atoms with Gasteiger partial charge in [0.25, 0.3) is 0 Å². The maximum atomic E-state index is 14.6. The molecule has 26 heavy (non-hydrogen) atoms. The molecule has 1 aliphatic heterocycles. The standard InChI is InChI=1S/C17H19FN8/c1-10-12(18)16(24-14(23-10)11-2-3-11)25-4-6-26(7-5-25)17-13-15(20-8-19-13)21-9-22-17/h8-9,11H,2-7H2,1H3,(H,19,20,21,22). The van der Waals surface area contributed by atoms with Gasteiger partial charge in [-0.25, -0.2) is 29.3 Å². The third kappa shape index (κ3) is 2.54. The Bertz CT molecular complexity index is 959. The molecule has 1 saturated carbocycles. The van der Waals surface area contributed by atoms with Gasteiger partial charge in [-0.05, 0) is 19.8 Å². The lowest BCUT2D eigenvalue weighted by molar-refractivity contribution is 0.568. The molecule has 4 heterocycles. The average Bonchev–Trinajstić information content (AvgIpc) is 3.40. The number of fused-ring (bicyclic) bond motifs is 1. The summed E-state index contributed by atoms with van der Waals surface area (Å²) in [4.78, 5) is 28.9. The monoisotopic (exact) mass is 354 g/mol. The van der Waals surface area contributed by atoms with Gasteiger partial charge in [0, 0.05) is 32.1 Å². The number of anilines is 2. The van der Waals surface area contributed by atoms with E-state index >= 15 is 0 Å². The van der Waals surface area contributed by atoms with Crippen molar-refractivity contribution >= 4 is 22.8 Å². The lowest BCUT2D eigenvalue weighted by Crippen LogP contribution is -2.47. The zero-order valence-corrected chi connectivity index (χ0v) is 14.5. The van der Waals surface area contributed by atoms with Crippen molar-refractivity contribution in [2.45, 2.75) is 25.7 Å². The minimum atomic E-state index is -0.305. The van der Waals surface area contributed by atoms with E-state index in [0.717, 1.165) is 43.1 Å². The van der Waals surface area contributed by atoms with Crippen molar-refractivity contribution in [2.24, 2.45) is 0 Å². The first kappa shape index (κ1) is 15.4. The molecule has 3 aromatic rings. The normalized spacial score (nSPS) is 17.9. The van der Waals surface area contributed by atoms with E-state index in [1.807, 2.05) is 4.90 Å². The smallest absolute Gasteiger partial charge is 0.186 e. The van der Waals surface area contributed by atoms with E-state index in [1.54, 1.807) is 13.3 Å². The van der Waals surface area contributed by atoms with Crippen LogP contribution in [0.2, 0.25) is 0 Å². The molecule has 1 aliphatic carbocycles. The molecule has 9 heteroatoms. The number of aryl methyl sites for hydroxylation is 1. The van der Waals surface area contributed by atoms with Crippen LogP contribution in [0.15, 0.2) is 12.7 Å². The first-order valence-electron chi connectivity index (χ1n) is 8.88. The largest absolute Gasteiger partial charge is 0.351 e. The van der Waals surface area contributed by atoms with Gasteiger partial charge in [0.1, 0.15) is 17.7 Å². The summed E-state index contributed by atoms with van der Waals surface area (Å²) >= 11 is 0. The topological polar surface area (TPSA) is 86.7 Å². The number of hydrogen-bond donors (Lipinski definition) is 1. The van der Waals surface area contributed by atoms with Crippen LogP contribution in [0.5, 0.6) is 0 Å². The summed E-state index contributed by atoms with van der Waals surface area (Å²) in [6.45, 7) is 4.53. The number of rotatable bonds is 3. The van der Waals surface area contributed by atoms with E-state index in [0.29, 0.717) is 36.2 Å². The van der Waals surface area contributed by atoms with Crippen LogP contribution in [0.4, 0.5) is 16.0 Å². The number of nitrogens with one attached hydrogen (secondary N) is 1. The van der Waals surface area contributed by atoms with Crippen molar-refractivity contribution in [2.75, 3.05) is 36.0 Å². The highest BCUT2D eigenvalue weighted by atomic mass is 19.1. The van der Waals surface area contributed by atoms with Gasteiger partial charge in [-0.15, -0.1) is 0 Å². The molecule has 2 aliphatic rings. The third-order valence-corrected chi connectivity index (χ3v) is 5.04. The Hall–Kier alpha value is -2.84. The second-order valence-corrected chi connectivity index (χ2v) is 6.85. The number of imidazole rings is 1. The van der Waals surface area contributed by atoms with Crippen LogP contribution in [0.1, 0.15) is 30.3 Å². The highest BCUT2D eigenvalue weighted by Gasteiger charge is 2.30. The zero-order valence-electron chi connectivity index (χ0n) is 14.5. The highest BCUT2D eigenvalue weighted by Crippen LogP contribution is 2.39. The SMILES string of the molecule is Cc1nc(C2CC2)nc(N2CCN(c3ncnc4nc[nH]c34)CC2)c1F. The maximum Gasteiger partial charge on any atom is 0.186 e. The predicted molar refractivity (Wildman–Crippen MR) is 94.8 cm³/mol. The van der Waals surface area contributed by atoms with Crippen molar-refractivity contribution in [1.82, 2.24) is 29.9 Å². The lowest BCUT2D eigenvalue weighted by Gasteiger charge is -2.36. The number of aromatic amines is 1. The van der Waals surface area contributed by atoms with Crippen LogP contribution in [-0.4, -0.2) is 56.1 Å². The summed E-state index contributed by atoms with van der Waals surface area (Å²) in [6.07, 6.45) is 5.36. The second-order valence-electron chi connectivity index (χ2n) is 6.85. The molecule has 0 aromatic carbocycles. The van der Waals surface area contributed by atoms with Crippen molar-refractivity contribution < 1.29 is 4.39 Å². The van der Waals surface area contributed by atoms with Gasteiger partial charge in [-0.2, -0.15) is 0 Å². The number of nitrogens with zero attached hydrogens (tertiary/aromatic N) is 7. The Balaban J connectivity index is 1.38. The summed E-state index contributed by atoms with van der Waals surface area (Å²) in [7, 11) is 0. The van der Waals surface area contributed by atoms with E-state index in [1.165, 1.54) is 6.33 Å². The fourth-order valence-electron chi connectivity index (χ4n) is 3.42. The molecular formula is C17H19FN8. The van der Waals surface area contributed by atoms with Gasteiger partial charge in [0.2, 0.25) is 0 Å². The molecule has 0 amide bonds. The molecule has 0 atom stereocenters. The summed E-state index contributed by atoms with van der Waals surface area (Å²) in [6, 6.07) is 0. The lowest BCUT2D eigenvalue weighted by atomic mass is 10.2. The molecule has 1 saturated heterocycles. The van der Waals surface area contributed by atoms with Gasteiger partial charge in [0.05, 0.1) is 12.0 Å². The van der Waals surface area contributed by atoms with Crippen molar-refractivity contribution in [3.8, 4) is 0 Å². The number of H-pyrrole nitrogens is 1. The van der Waals surface area contributed by atoms with E-state index < -0.39 is 0 Å². The molecule has 2 fully saturated rings. The van der Waals surface area contributed by atoms with Gasteiger partial charge < -0.3 is 14.8 Å². The maximum absolute atomic E-state index is 14.6. The summed E-state index contributed by atoms with van der Waals surface area (Å²) < 4.78 is 14.6. The average molecular weight is 354 g/mol. The Morgan fingerprint density at radius 3 is 2.46 bits per heavy atom. The van der Waals surface area contributed by atoms with Gasteiger partial charge >= 0.3 is 0 Å². The third-order valence-electron chi connectivity index (χ3n) is 5.04. The number of piperazine rings is 1. The number of halogens is 1. The molecule has 1 N–H and O–H groups in total. The van der Waals surface area contributed by atoms with Crippen LogP contribution in [-0.2, 0) is 0 Å². The molecule has 0 unspecified atom stereocenters. The summed E-state index contributed by atoms with van der Waals surface area (Å²) in [5.74, 6) is 2.17. The molecule has 134 valence electrons. The number of aromatic nitrogens is 6. The second kappa shape index (κ2) is 5.86. The van der Waals surface area contributed by atoms with Gasteiger partial charge in [0.15, 0.2) is 23.1 Å². The fraction of sp³-hybridized carbons (Fsp3) is 0.471. The van der Waals surface area contributed by atoms with Crippen LogP contribution in [0.3, 0.4) is 0 Å². The Morgan fingerprint density at radius 1 is 1.00 bits per heavy atom. The van der Waals surface area contributed by atoms with Crippen molar-refractivity contribution in [1.29, 1.82) is 0 Å². The van der Waals surface area contributed by atoms with E-state index in [-0.39, 0.29) is 5.82 Å². The zero-order chi connectivity index (χ0) is 17.7. The van der Waals surface area contributed by atoms with E-state index in [9.17, 15) is 4.39 Å². The van der Waals surface area contributed by atoms with Gasteiger partial charge in [-0.3, -0.25) is 0 Å². The van der Waals surface area contributed by atoms with Crippen LogP contribution in [0.25, 0.3) is 11.2 Å². The first-order valence-corrected chi connectivity index (χ1v) is 8.88. The number of hydrogen-bond acceptors (Lipinski definition) is 7. The molecule has 0 spiro atoms. The summed E-state index contributed by atoms with van der Waals surface area (Å²) in [5, 5.41) is 0. The van der Waals surface area contributed by atoms with Gasteiger partial charge in [-0.1, -0.05) is 0 Å². The molecule has 5 rings (SSSR count). The predicted octanol–water partition coefficient (Wildman–Crippen LogP) is 1.79. The Morgan fingerprint density at radius 2 is 1.73 bits per heavy atom. The Labute approximate surface area is 149 Å². The molecule has 0 radical (unpaired) electrons. The molecule has 3 aromatic heterocycles. The molecule has 8 nitrogen and oxygen atoms in total. The van der Waals surface area contributed by atoms with Crippen LogP contribution >= 0.6 is 0 Å². The van der Waals surface area contributed by atoms with Crippen molar-refractivity contribution in [3.05, 3.63) is 30.0 Å². The van der Waals surface area contributed by atoms with E-state index in [4.69, 9.17) is 0 Å². The van der Waals surface area contributed by atoms with E-state index in [2.05, 4.69) is 34.8 Å². The molecular weight excluding hydrogens is 335 g/mol. The van der Waals surface area contributed by atoms with Crippen molar-refractivity contribution in [3.63, 3.8) is 0 Å². The first-order chi connectivity index (χ1) is 12.7. The summed E-state index contributed by atoms with van der Waals surface area (Å²) in [5.41, 5.74) is 1.93. The molecule has 0 bridgehead atoms. The minimum Gasteiger partial charge on any atom is -0.351 e. The highest BCUT2D eigenvalue weighted by molar-refractivity contribution is 5.82. The minimum absolute atomic E-state index is 0.305. The Kier molecular flexibility index (Phi) is 3.47. The van der Waals surface area contributed by atoms with Crippen LogP contribution in [0, 0.1) is 12.7 Å².